The van der Waals surface area contributed by atoms with Crippen molar-refractivity contribution >= 4 is 22.5 Å². The number of carbonyl (C=O) groups excluding carboxylic acids is 1. The Morgan fingerprint density at radius 1 is 1.38 bits per heavy atom. The molecule has 0 aromatic carbocycles. The topological polar surface area (TPSA) is 87.4 Å². The summed E-state index contributed by atoms with van der Waals surface area (Å²) in [7, 11) is 0. The highest BCUT2D eigenvalue weighted by atomic mass is 32.1. The molecule has 128 valence electrons. The third-order valence-electron chi connectivity index (χ3n) is 4.27. The van der Waals surface area contributed by atoms with Gasteiger partial charge in [0.2, 0.25) is 5.89 Å². The Kier molecular flexibility index (Phi) is 4.19. The van der Waals surface area contributed by atoms with Crippen LogP contribution in [0.1, 0.15) is 35.4 Å². The van der Waals surface area contributed by atoms with Crippen LogP contribution in [0, 0.1) is 6.92 Å². The first-order valence-electron chi connectivity index (χ1n) is 8.20. The number of aryl methyl sites for hydroxylation is 1. The number of amides is 2. The molecule has 2 fully saturated rings. The number of piperazine rings is 1. The van der Waals surface area contributed by atoms with E-state index >= 15 is 0 Å². The van der Waals surface area contributed by atoms with E-state index in [1.54, 1.807) is 6.20 Å². The van der Waals surface area contributed by atoms with E-state index in [0.717, 1.165) is 42.5 Å². The van der Waals surface area contributed by atoms with Crippen molar-refractivity contribution in [1.82, 2.24) is 24.9 Å². The summed E-state index contributed by atoms with van der Waals surface area (Å²) in [6, 6.07) is -0.0837. The molecule has 8 nitrogen and oxygen atoms in total. The van der Waals surface area contributed by atoms with Crippen LogP contribution in [0.25, 0.3) is 0 Å². The molecule has 9 heteroatoms. The molecule has 4 rings (SSSR count). The molecular formula is C15H20N6O2S. The lowest BCUT2D eigenvalue weighted by Gasteiger charge is -2.33. The van der Waals surface area contributed by atoms with Crippen molar-refractivity contribution < 1.29 is 9.32 Å². The summed E-state index contributed by atoms with van der Waals surface area (Å²) in [4.78, 5) is 26.0. The predicted octanol–water partition coefficient (Wildman–Crippen LogP) is 2.06. The van der Waals surface area contributed by atoms with Crippen LogP contribution in [0.5, 0.6) is 0 Å². The van der Waals surface area contributed by atoms with Gasteiger partial charge in [0, 0.05) is 43.2 Å². The molecule has 1 aliphatic carbocycles. The van der Waals surface area contributed by atoms with Gasteiger partial charge in [0.1, 0.15) is 0 Å². The van der Waals surface area contributed by atoms with Gasteiger partial charge in [-0.25, -0.2) is 9.78 Å². The number of rotatable bonds is 4. The van der Waals surface area contributed by atoms with Crippen LogP contribution in [0.4, 0.5) is 9.93 Å². The van der Waals surface area contributed by atoms with E-state index in [1.807, 2.05) is 11.8 Å². The molecule has 2 aliphatic rings. The quantitative estimate of drug-likeness (QED) is 0.910. The molecule has 2 aromatic heterocycles. The maximum atomic E-state index is 12.3. The van der Waals surface area contributed by atoms with Gasteiger partial charge >= 0.3 is 6.03 Å². The third kappa shape index (κ3) is 3.57. The number of thiazole rings is 1. The first kappa shape index (κ1) is 15.5. The zero-order valence-corrected chi connectivity index (χ0v) is 14.4. The highest BCUT2D eigenvalue weighted by molar-refractivity contribution is 7.15. The number of carbonyl (C=O) groups is 1. The maximum Gasteiger partial charge on any atom is 0.323 e. The maximum absolute atomic E-state index is 12.3. The van der Waals surface area contributed by atoms with Crippen molar-refractivity contribution in [3.63, 3.8) is 0 Å². The number of aromatic nitrogens is 3. The lowest BCUT2D eigenvalue weighted by atomic mass is 10.3. The first-order valence-corrected chi connectivity index (χ1v) is 9.02. The first-order chi connectivity index (χ1) is 11.7. The molecule has 0 unspecified atom stereocenters. The Bertz CT molecular complexity index is 717. The van der Waals surface area contributed by atoms with Crippen LogP contribution in [-0.4, -0.2) is 57.1 Å². The molecular weight excluding hydrogens is 328 g/mol. The van der Waals surface area contributed by atoms with E-state index in [2.05, 4.69) is 25.3 Å². The van der Waals surface area contributed by atoms with Crippen molar-refractivity contribution in [2.75, 3.05) is 31.5 Å². The Morgan fingerprint density at radius 3 is 2.83 bits per heavy atom. The molecule has 3 heterocycles. The predicted molar refractivity (Wildman–Crippen MR) is 89.0 cm³/mol. The minimum Gasteiger partial charge on any atom is -0.339 e. The van der Waals surface area contributed by atoms with Gasteiger partial charge in [-0.05, 0) is 19.8 Å². The fraction of sp³-hybridized carbons (Fsp3) is 0.600. The van der Waals surface area contributed by atoms with Crippen molar-refractivity contribution in [2.24, 2.45) is 0 Å². The van der Waals surface area contributed by atoms with E-state index in [0.29, 0.717) is 30.7 Å². The lowest BCUT2D eigenvalue weighted by Crippen LogP contribution is -2.49. The van der Waals surface area contributed by atoms with Gasteiger partial charge in [-0.1, -0.05) is 5.16 Å². The second kappa shape index (κ2) is 6.48. The number of urea groups is 1. The fourth-order valence-corrected chi connectivity index (χ4v) is 3.37. The van der Waals surface area contributed by atoms with Crippen LogP contribution in [0.3, 0.4) is 0 Å². The van der Waals surface area contributed by atoms with Gasteiger partial charge in [0.25, 0.3) is 0 Å². The van der Waals surface area contributed by atoms with E-state index in [4.69, 9.17) is 4.52 Å². The van der Waals surface area contributed by atoms with Crippen LogP contribution < -0.4 is 5.32 Å². The van der Waals surface area contributed by atoms with Gasteiger partial charge in [-0.3, -0.25) is 10.2 Å². The van der Waals surface area contributed by atoms with Crippen LogP contribution in [0.2, 0.25) is 0 Å². The average Bonchev–Trinajstić information content (AvgIpc) is 3.20. The summed E-state index contributed by atoms with van der Waals surface area (Å²) in [6.45, 7) is 5.62. The Balaban J connectivity index is 1.25. The lowest BCUT2D eigenvalue weighted by molar-refractivity contribution is 0.140. The molecule has 0 radical (unpaired) electrons. The molecule has 0 atom stereocenters. The largest absolute Gasteiger partial charge is 0.339 e. The van der Waals surface area contributed by atoms with Gasteiger partial charge < -0.3 is 9.42 Å². The normalized spacial score (nSPS) is 18.8. The minimum atomic E-state index is -0.0837. The molecule has 1 N–H and O–H groups in total. The summed E-state index contributed by atoms with van der Waals surface area (Å²) in [5.41, 5.74) is 0. The molecule has 1 saturated carbocycles. The smallest absolute Gasteiger partial charge is 0.323 e. The zero-order valence-electron chi connectivity index (χ0n) is 13.6. The van der Waals surface area contributed by atoms with Gasteiger partial charge in [0.15, 0.2) is 11.0 Å². The molecule has 0 bridgehead atoms. The molecule has 24 heavy (non-hydrogen) atoms. The summed E-state index contributed by atoms with van der Waals surface area (Å²) >= 11 is 1.48. The second-order valence-corrected chi connectivity index (χ2v) is 7.53. The molecule has 1 saturated heterocycles. The molecule has 2 aromatic rings. The van der Waals surface area contributed by atoms with E-state index < -0.39 is 0 Å². The number of nitrogens with zero attached hydrogens (tertiary/aromatic N) is 5. The summed E-state index contributed by atoms with van der Waals surface area (Å²) in [5, 5.41) is 7.56. The summed E-state index contributed by atoms with van der Waals surface area (Å²) in [6.07, 6.45) is 4.08. The molecule has 1 aliphatic heterocycles. The Hall–Kier alpha value is -2.00. The second-order valence-electron chi connectivity index (χ2n) is 6.29. The standard InChI is InChI=1S/C15H20N6O2S/c1-10-8-16-14(24-10)18-15(22)21-6-4-20(5-7-21)9-12-17-13(23-19-12)11-2-3-11/h8,11H,2-7,9H2,1H3,(H,16,18,22). The number of anilines is 1. The van der Waals surface area contributed by atoms with Crippen molar-refractivity contribution in [3.8, 4) is 0 Å². The summed E-state index contributed by atoms with van der Waals surface area (Å²) in [5.74, 6) is 2.01. The van der Waals surface area contributed by atoms with Gasteiger partial charge in [0.05, 0.1) is 6.54 Å². The van der Waals surface area contributed by atoms with E-state index in [-0.39, 0.29) is 6.03 Å². The summed E-state index contributed by atoms with van der Waals surface area (Å²) < 4.78 is 5.29. The average molecular weight is 348 g/mol. The van der Waals surface area contributed by atoms with Crippen LogP contribution in [-0.2, 0) is 6.54 Å². The zero-order chi connectivity index (χ0) is 16.5. The molecule has 0 spiro atoms. The Morgan fingerprint density at radius 2 is 2.17 bits per heavy atom. The highest BCUT2D eigenvalue weighted by Crippen LogP contribution is 2.38. The Labute approximate surface area is 143 Å². The van der Waals surface area contributed by atoms with Gasteiger partial charge in [-0.15, -0.1) is 11.3 Å². The molecule has 2 amide bonds. The monoisotopic (exact) mass is 348 g/mol. The number of hydrogen-bond acceptors (Lipinski definition) is 7. The van der Waals surface area contributed by atoms with E-state index in [9.17, 15) is 4.79 Å². The van der Waals surface area contributed by atoms with Crippen molar-refractivity contribution in [2.45, 2.75) is 32.2 Å². The minimum absolute atomic E-state index is 0.0837. The van der Waals surface area contributed by atoms with Crippen molar-refractivity contribution in [1.29, 1.82) is 0 Å². The van der Waals surface area contributed by atoms with E-state index in [1.165, 1.54) is 11.3 Å². The van der Waals surface area contributed by atoms with Gasteiger partial charge in [-0.2, -0.15) is 4.98 Å². The van der Waals surface area contributed by atoms with Crippen LogP contribution in [0.15, 0.2) is 10.7 Å². The number of nitrogens with one attached hydrogen (secondary N) is 1. The van der Waals surface area contributed by atoms with Crippen molar-refractivity contribution in [3.05, 3.63) is 22.8 Å². The SMILES string of the molecule is Cc1cnc(NC(=O)N2CCN(Cc3noc(C4CC4)n3)CC2)s1. The third-order valence-corrected chi connectivity index (χ3v) is 5.10. The highest BCUT2D eigenvalue weighted by Gasteiger charge is 2.30. The fourth-order valence-electron chi connectivity index (χ4n) is 2.72. The van der Waals surface area contributed by atoms with Crippen LogP contribution >= 0.6 is 11.3 Å². The number of hydrogen-bond donors (Lipinski definition) is 1.